The third-order valence-electron chi connectivity index (χ3n) is 5.76. The average Bonchev–Trinajstić information content (AvgIpc) is 2.87. The quantitative estimate of drug-likeness (QED) is 0.268. The van der Waals surface area contributed by atoms with E-state index in [1.165, 1.54) is 58.6 Å². The first-order valence-electron chi connectivity index (χ1n) is 10.6. The molecule has 1 aromatic heterocycles. The molecule has 186 valence electrons. The lowest BCUT2D eigenvalue weighted by Crippen LogP contribution is -2.20. The number of aryl methyl sites for hydroxylation is 1. The summed E-state index contributed by atoms with van der Waals surface area (Å²) in [4.78, 5) is 23.8. The molecule has 0 aliphatic carbocycles. The highest BCUT2D eigenvalue weighted by atomic mass is 32.2. The molecule has 0 amide bonds. The molecule has 0 atom stereocenters. The van der Waals surface area contributed by atoms with Gasteiger partial charge in [-0.05, 0) is 42.8 Å². The Hall–Kier alpha value is -4.38. The van der Waals surface area contributed by atoms with Crippen LogP contribution in [0.25, 0.3) is 22.2 Å². The van der Waals surface area contributed by atoms with Crippen LogP contribution in [0.15, 0.2) is 70.4 Å². The smallest absolute Gasteiger partial charge is 0.273 e. The van der Waals surface area contributed by atoms with Crippen molar-refractivity contribution >= 4 is 26.6 Å². The lowest BCUT2D eigenvalue weighted by Gasteiger charge is -2.19. The van der Waals surface area contributed by atoms with Crippen LogP contribution in [0.4, 0.5) is 5.69 Å². The average molecular weight is 511 g/mol. The summed E-state index contributed by atoms with van der Waals surface area (Å²) in [6, 6.07) is 14.2. The van der Waals surface area contributed by atoms with Crippen LogP contribution in [0.3, 0.4) is 0 Å². The van der Waals surface area contributed by atoms with Crippen LogP contribution in [-0.4, -0.2) is 38.6 Å². The van der Waals surface area contributed by atoms with Crippen LogP contribution in [0, 0.1) is 17.0 Å². The molecular weight excluding hydrogens is 488 g/mol. The number of rotatable bonds is 7. The summed E-state index contributed by atoms with van der Waals surface area (Å²) in [5.41, 5.74) is -0.0649. The van der Waals surface area contributed by atoms with E-state index in [2.05, 4.69) is 0 Å². The number of methoxy groups -OCH3 is 3. The number of ether oxygens (including phenoxy) is 3. The van der Waals surface area contributed by atoms with E-state index in [0.29, 0.717) is 16.9 Å². The first-order chi connectivity index (χ1) is 17.1. The van der Waals surface area contributed by atoms with Crippen molar-refractivity contribution in [3.8, 4) is 28.5 Å². The molecule has 0 radical (unpaired) electrons. The van der Waals surface area contributed by atoms with Crippen LogP contribution in [-0.2, 0) is 10.0 Å². The number of benzene rings is 3. The van der Waals surface area contributed by atoms with Gasteiger partial charge in [0, 0.05) is 29.8 Å². The molecule has 0 bridgehead atoms. The van der Waals surface area contributed by atoms with E-state index in [9.17, 15) is 23.3 Å². The second kappa shape index (κ2) is 9.34. The molecule has 0 aliphatic rings. The van der Waals surface area contributed by atoms with E-state index < -0.39 is 20.4 Å². The summed E-state index contributed by atoms with van der Waals surface area (Å²) in [6.07, 6.45) is 0. The zero-order chi connectivity index (χ0) is 26.2. The highest BCUT2D eigenvalue weighted by molar-refractivity contribution is 7.90. The molecule has 0 saturated carbocycles. The maximum atomic E-state index is 14.1. The van der Waals surface area contributed by atoms with Gasteiger partial charge in [0.25, 0.3) is 15.7 Å². The van der Waals surface area contributed by atoms with Crippen LogP contribution in [0.5, 0.6) is 17.2 Å². The fourth-order valence-corrected chi connectivity index (χ4v) is 5.45. The van der Waals surface area contributed by atoms with E-state index in [4.69, 9.17) is 14.2 Å². The number of aromatic nitrogens is 1. The number of fused-ring (bicyclic) bond motifs is 1. The van der Waals surface area contributed by atoms with Crippen molar-refractivity contribution in [1.82, 2.24) is 3.97 Å². The molecule has 4 aromatic rings. The predicted octanol–water partition coefficient (Wildman–Crippen LogP) is 4.15. The first kappa shape index (κ1) is 24.7. The van der Waals surface area contributed by atoms with E-state index in [1.54, 1.807) is 24.3 Å². The molecule has 4 rings (SSSR count). The van der Waals surface area contributed by atoms with Gasteiger partial charge in [0.05, 0.1) is 47.7 Å². The van der Waals surface area contributed by atoms with E-state index in [0.717, 1.165) is 10.0 Å². The molecular formula is C25H22N2O8S. The van der Waals surface area contributed by atoms with Gasteiger partial charge in [0.2, 0.25) is 0 Å². The zero-order valence-corrected chi connectivity index (χ0v) is 20.7. The molecule has 11 heteroatoms. The molecule has 0 aliphatic heterocycles. The topological polar surface area (TPSA) is 127 Å². The number of nitro groups is 1. The van der Waals surface area contributed by atoms with Gasteiger partial charge in [-0.1, -0.05) is 6.07 Å². The minimum atomic E-state index is -4.47. The van der Waals surface area contributed by atoms with Crippen molar-refractivity contribution in [2.24, 2.45) is 0 Å². The Morgan fingerprint density at radius 1 is 0.861 bits per heavy atom. The largest absolute Gasteiger partial charge is 0.497 e. The minimum Gasteiger partial charge on any atom is -0.497 e. The molecule has 0 unspecified atom stereocenters. The second-order valence-corrected chi connectivity index (χ2v) is 9.61. The van der Waals surface area contributed by atoms with Crippen LogP contribution < -0.4 is 19.6 Å². The fourth-order valence-electron chi connectivity index (χ4n) is 3.92. The van der Waals surface area contributed by atoms with Crippen LogP contribution in [0.1, 0.15) is 5.56 Å². The summed E-state index contributed by atoms with van der Waals surface area (Å²) < 4.78 is 45.1. The Labute approximate surface area is 206 Å². The summed E-state index contributed by atoms with van der Waals surface area (Å²) in [7, 11) is -0.223. The Kier molecular flexibility index (Phi) is 6.42. The van der Waals surface area contributed by atoms with E-state index in [1.807, 2.05) is 0 Å². The monoisotopic (exact) mass is 510 g/mol. The molecule has 3 aromatic carbocycles. The number of nitrogens with zero attached hydrogens (tertiary/aromatic N) is 2. The SMILES string of the molecule is COc1ccc(-c2cc(=O)c3c(OC)cc(OC)cc3n2S(=O)(=O)c2ccc(C)c([N+](=O)[O-])c2)cc1. The highest BCUT2D eigenvalue weighted by Gasteiger charge is 2.28. The van der Waals surface area contributed by atoms with Crippen molar-refractivity contribution in [2.45, 2.75) is 11.8 Å². The van der Waals surface area contributed by atoms with Gasteiger partial charge in [0.1, 0.15) is 17.2 Å². The fraction of sp³-hybridized carbons (Fsp3) is 0.160. The van der Waals surface area contributed by atoms with Crippen molar-refractivity contribution < 1.29 is 27.6 Å². The van der Waals surface area contributed by atoms with Gasteiger partial charge >= 0.3 is 0 Å². The standard InChI is InChI=1S/C25H22N2O8S/c1-15-5-10-19(13-20(15)27(29)30)36(31,32)26-21(16-6-8-17(33-2)9-7-16)14-23(28)25-22(26)11-18(34-3)12-24(25)35-4/h5-14H,1-4H3. The molecule has 1 heterocycles. The maximum Gasteiger partial charge on any atom is 0.273 e. The molecule has 0 N–H and O–H groups in total. The Balaban J connectivity index is 2.17. The van der Waals surface area contributed by atoms with Gasteiger partial charge in [-0.25, -0.2) is 12.4 Å². The van der Waals surface area contributed by atoms with Crippen molar-refractivity contribution in [2.75, 3.05) is 21.3 Å². The Morgan fingerprint density at radius 3 is 2.11 bits per heavy atom. The Morgan fingerprint density at radius 2 is 1.53 bits per heavy atom. The van der Waals surface area contributed by atoms with Crippen LogP contribution in [0.2, 0.25) is 0 Å². The summed E-state index contributed by atoms with van der Waals surface area (Å²) in [6.45, 7) is 1.52. The molecule has 0 spiro atoms. The molecule has 0 fully saturated rings. The molecule has 10 nitrogen and oxygen atoms in total. The van der Waals surface area contributed by atoms with Gasteiger partial charge < -0.3 is 14.2 Å². The van der Waals surface area contributed by atoms with Crippen LogP contribution >= 0.6 is 0 Å². The third-order valence-corrected chi connectivity index (χ3v) is 7.49. The first-order valence-corrected chi connectivity index (χ1v) is 12.0. The number of nitro benzene ring substituents is 1. The summed E-state index contributed by atoms with van der Waals surface area (Å²) >= 11 is 0. The summed E-state index contributed by atoms with van der Waals surface area (Å²) in [5.74, 6) is 0.910. The number of hydrogen-bond donors (Lipinski definition) is 0. The van der Waals surface area contributed by atoms with E-state index in [-0.39, 0.29) is 38.7 Å². The van der Waals surface area contributed by atoms with Crippen molar-refractivity contribution in [3.05, 3.63) is 86.6 Å². The number of hydrogen-bond acceptors (Lipinski definition) is 8. The highest BCUT2D eigenvalue weighted by Crippen LogP contribution is 2.35. The lowest BCUT2D eigenvalue weighted by atomic mass is 10.1. The van der Waals surface area contributed by atoms with Crippen molar-refractivity contribution in [3.63, 3.8) is 0 Å². The minimum absolute atomic E-state index is 0.00672. The second-order valence-electron chi connectivity index (χ2n) is 7.82. The normalized spacial score (nSPS) is 11.3. The molecule has 0 saturated heterocycles. The van der Waals surface area contributed by atoms with Gasteiger partial charge in [-0.3, -0.25) is 14.9 Å². The zero-order valence-electron chi connectivity index (χ0n) is 19.8. The third kappa shape index (κ3) is 4.13. The maximum absolute atomic E-state index is 14.1. The van der Waals surface area contributed by atoms with Crippen molar-refractivity contribution in [1.29, 1.82) is 0 Å². The Bertz CT molecular complexity index is 1660. The molecule has 36 heavy (non-hydrogen) atoms. The number of pyridine rings is 1. The summed E-state index contributed by atoms with van der Waals surface area (Å²) in [5, 5.41) is 11.5. The predicted molar refractivity (Wildman–Crippen MR) is 134 cm³/mol. The van der Waals surface area contributed by atoms with E-state index >= 15 is 0 Å². The van der Waals surface area contributed by atoms with Gasteiger partial charge in [-0.2, -0.15) is 0 Å². The lowest BCUT2D eigenvalue weighted by molar-refractivity contribution is -0.385. The van der Waals surface area contributed by atoms with Gasteiger partial charge in [-0.15, -0.1) is 0 Å². The van der Waals surface area contributed by atoms with Gasteiger partial charge in [0.15, 0.2) is 5.43 Å².